The summed E-state index contributed by atoms with van der Waals surface area (Å²) >= 11 is 0. The van der Waals surface area contributed by atoms with Crippen LogP contribution in [0.4, 0.5) is 14.5 Å². The Bertz CT molecular complexity index is 462. The molecule has 17 heavy (non-hydrogen) atoms. The molecule has 0 saturated heterocycles. The number of carboxylic acid groups (broad SMARTS) is 1. The third-order valence-electron chi connectivity index (χ3n) is 1.86. The summed E-state index contributed by atoms with van der Waals surface area (Å²) in [7, 11) is 0. The van der Waals surface area contributed by atoms with Crippen LogP contribution in [-0.4, -0.2) is 23.7 Å². The number of esters is 1. The number of carbonyl (C=O) groups is 2. The second kappa shape index (κ2) is 5.24. The van der Waals surface area contributed by atoms with E-state index in [2.05, 4.69) is 4.74 Å². The maximum absolute atomic E-state index is 12.8. The van der Waals surface area contributed by atoms with Crippen LogP contribution in [0.5, 0.6) is 0 Å². The van der Waals surface area contributed by atoms with Crippen LogP contribution in [0.2, 0.25) is 0 Å². The van der Waals surface area contributed by atoms with Crippen LogP contribution in [0, 0.1) is 11.6 Å². The molecule has 0 fully saturated rings. The molecule has 0 heterocycles. The van der Waals surface area contributed by atoms with Crippen LogP contribution >= 0.6 is 0 Å². The molecule has 0 atom stereocenters. The quantitative estimate of drug-likeness (QED) is 0.614. The first-order valence-electron chi connectivity index (χ1n) is 4.55. The highest BCUT2D eigenvalue weighted by atomic mass is 19.2. The molecule has 7 heteroatoms. The molecule has 0 spiro atoms. The van der Waals surface area contributed by atoms with Crippen molar-refractivity contribution in [3.63, 3.8) is 0 Å². The van der Waals surface area contributed by atoms with Crippen LogP contribution in [0.15, 0.2) is 12.1 Å². The fourth-order valence-corrected chi connectivity index (χ4v) is 1.05. The van der Waals surface area contributed by atoms with E-state index >= 15 is 0 Å². The first-order chi connectivity index (χ1) is 7.91. The molecule has 0 saturated carbocycles. The minimum absolute atomic E-state index is 0.274. The van der Waals surface area contributed by atoms with Gasteiger partial charge >= 0.3 is 11.9 Å². The molecular formula is C10H9F2NO4. The lowest BCUT2D eigenvalue weighted by molar-refractivity contribution is -0.137. The maximum Gasteiger partial charge on any atom is 0.340 e. The molecule has 0 aliphatic rings. The van der Waals surface area contributed by atoms with Crippen LogP contribution in [0.25, 0.3) is 0 Å². The molecule has 0 radical (unpaired) electrons. The van der Waals surface area contributed by atoms with Gasteiger partial charge in [-0.1, -0.05) is 0 Å². The minimum Gasteiger partial charge on any atom is -0.481 e. The Morgan fingerprint density at radius 3 is 2.47 bits per heavy atom. The van der Waals surface area contributed by atoms with Crippen molar-refractivity contribution in [2.24, 2.45) is 0 Å². The predicted molar refractivity (Wildman–Crippen MR) is 53.3 cm³/mol. The van der Waals surface area contributed by atoms with Crippen molar-refractivity contribution in [1.82, 2.24) is 0 Å². The Morgan fingerprint density at radius 1 is 1.29 bits per heavy atom. The van der Waals surface area contributed by atoms with Gasteiger partial charge in [-0.15, -0.1) is 0 Å². The van der Waals surface area contributed by atoms with Crippen LogP contribution in [-0.2, 0) is 9.53 Å². The summed E-state index contributed by atoms with van der Waals surface area (Å²) in [5, 5.41) is 8.31. The Kier molecular flexibility index (Phi) is 3.97. The summed E-state index contributed by atoms with van der Waals surface area (Å²) < 4.78 is 30.1. The normalized spacial score (nSPS) is 10.0. The van der Waals surface area contributed by atoms with Crippen molar-refractivity contribution in [2.75, 3.05) is 12.3 Å². The Hall–Kier alpha value is -2.18. The average Bonchev–Trinajstić information content (AvgIpc) is 2.22. The lowest BCUT2D eigenvalue weighted by Crippen LogP contribution is -2.12. The fraction of sp³-hybridized carbons (Fsp3) is 0.200. The topological polar surface area (TPSA) is 89.6 Å². The number of hydrogen-bond acceptors (Lipinski definition) is 4. The van der Waals surface area contributed by atoms with Gasteiger partial charge in [0.2, 0.25) is 0 Å². The number of ether oxygens (including phenoxy) is 1. The number of carboxylic acids is 1. The number of rotatable bonds is 4. The zero-order valence-electron chi connectivity index (χ0n) is 8.57. The Morgan fingerprint density at radius 2 is 1.88 bits per heavy atom. The van der Waals surface area contributed by atoms with Gasteiger partial charge in [0.1, 0.15) is 6.61 Å². The summed E-state index contributed by atoms with van der Waals surface area (Å²) in [6, 6.07) is 1.26. The van der Waals surface area contributed by atoms with E-state index in [4.69, 9.17) is 10.8 Å². The predicted octanol–water partition coefficient (Wildman–Crippen LogP) is 1.18. The molecule has 1 aromatic rings. The number of carbonyl (C=O) groups excluding carboxylic acids is 1. The standard InChI is InChI=1S/C10H9F2NO4/c11-6-3-5(8(13)4-7(6)12)10(16)17-2-1-9(14)15/h3-4H,1-2,13H2,(H,14,15). The first-order valence-corrected chi connectivity index (χ1v) is 4.55. The SMILES string of the molecule is Nc1cc(F)c(F)cc1C(=O)OCCC(=O)O. The molecule has 92 valence electrons. The highest BCUT2D eigenvalue weighted by Crippen LogP contribution is 2.17. The average molecular weight is 245 g/mol. The van der Waals surface area contributed by atoms with Gasteiger partial charge < -0.3 is 15.6 Å². The highest BCUT2D eigenvalue weighted by molar-refractivity contribution is 5.95. The largest absolute Gasteiger partial charge is 0.481 e. The molecule has 0 bridgehead atoms. The zero-order chi connectivity index (χ0) is 13.0. The van der Waals surface area contributed by atoms with E-state index in [1.165, 1.54) is 0 Å². The lowest BCUT2D eigenvalue weighted by Gasteiger charge is -2.06. The Balaban J connectivity index is 2.75. The van der Waals surface area contributed by atoms with Crippen molar-refractivity contribution < 1.29 is 28.2 Å². The fourth-order valence-electron chi connectivity index (χ4n) is 1.05. The van der Waals surface area contributed by atoms with Gasteiger partial charge in [-0.2, -0.15) is 0 Å². The van der Waals surface area contributed by atoms with Crippen LogP contribution in [0.1, 0.15) is 16.8 Å². The summed E-state index contributed by atoms with van der Waals surface area (Å²) in [5.74, 6) is -4.55. The van der Waals surface area contributed by atoms with Gasteiger partial charge in [0, 0.05) is 11.8 Å². The molecule has 3 N–H and O–H groups in total. The number of halogens is 2. The summed E-state index contributed by atoms with van der Waals surface area (Å²) in [6.45, 7) is -0.368. The van der Waals surface area contributed by atoms with E-state index in [0.29, 0.717) is 12.1 Å². The van der Waals surface area contributed by atoms with Crippen molar-refractivity contribution in [2.45, 2.75) is 6.42 Å². The van der Waals surface area contributed by atoms with E-state index in [9.17, 15) is 18.4 Å². The monoisotopic (exact) mass is 245 g/mol. The number of nitrogens with two attached hydrogens (primary N) is 1. The lowest BCUT2D eigenvalue weighted by atomic mass is 10.1. The molecule has 0 amide bonds. The van der Waals surface area contributed by atoms with Crippen molar-refractivity contribution in [3.05, 3.63) is 29.3 Å². The van der Waals surface area contributed by atoms with Crippen LogP contribution < -0.4 is 5.73 Å². The van der Waals surface area contributed by atoms with Gasteiger partial charge in [-0.3, -0.25) is 4.79 Å². The van der Waals surface area contributed by atoms with E-state index in [-0.39, 0.29) is 24.3 Å². The second-order valence-corrected chi connectivity index (χ2v) is 3.13. The highest BCUT2D eigenvalue weighted by Gasteiger charge is 2.15. The van der Waals surface area contributed by atoms with Crippen molar-refractivity contribution in [1.29, 1.82) is 0 Å². The van der Waals surface area contributed by atoms with Gasteiger partial charge in [0.15, 0.2) is 11.6 Å². The van der Waals surface area contributed by atoms with Gasteiger partial charge in [-0.25, -0.2) is 13.6 Å². The van der Waals surface area contributed by atoms with Crippen LogP contribution in [0.3, 0.4) is 0 Å². The third-order valence-corrected chi connectivity index (χ3v) is 1.86. The summed E-state index contributed by atoms with van der Waals surface area (Å²) in [6.07, 6.45) is -0.380. The molecule has 0 unspecified atom stereocenters. The summed E-state index contributed by atoms with van der Waals surface area (Å²) in [5.41, 5.74) is 4.69. The van der Waals surface area contributed by atoms with Gasteiger partial charge in [-0.05, 0) is 6.07 Å². The first kappa shape index (κ1) is 12.9. The summed E-state index contributed by atoms with van der Waals surface area (Å²) in [4.78, 5) is 21.5. The smallest absolute Gasteiger partial charge is 0.340 e. The molecule has 1 rings (SSSR count). The van der Waals surface area contributed by atoms with E-state index < -0.39 is 23.6 Å². The van der Waals surface area contributed by atoms with Gasteiger partial charge in [0.25, 0.3) is 0 Å². The zero-order valence-corrected chi connectivity index (χ0v) is 8.57. The van der Waals surface area contributed by atoms with Crippen molar-refractivity contribution in [3.8, 4) is 0 Å². The number of aliphatic carboxylic acids is 1. The Labute approximate surface area is 94.8 Å². The molecule has 5 nitrogen and oxygen atoms in total. The van der Waals surface area contributed by atoms with E-state index in [0.717, 1.165) is 0 Å². The van der Waals surface area contributed by atoms with E-state index in [1.54, 1.807) is 0 Å². The number of nitrogen functional groups attached to an aromatic ring is 1. The van der Waals surface area contributed by atoms with E-state index in [1.807, 2.05) is 0 Å². The molecule has 1 aromatic carbocycles. The van der Waals surface area contributed by atoms with Crippen molar-refractivity contribution >= 4 is 17.6 Å². The third kappa shape index (κ3) is 3.40. The van der Waals surface area contributed by atoms with Gasteiger partial charge in [0.05, 0.1) is 12.0 Å². The molecular weight excluding hydrogens is 236 g/mol. The molecule has 0 aromatic heterocycles. The number of hydrogen-bond donors (Lipinski definition) is 2. The number of benzene rings is 1. The minimum atomic E-state index is -1.23. The number of anilines is 1. The maximum atomic E-state index is 12.8. The molecule has 0 aliphatic heterocycles. The molecule has 0 aliphatic carbocycles. The second-order valence-electron chi connectivity index (χ2n) is 3.13.